The lowest BCUT2D eigenvalue weighted by molar-refractivity contribution is -0.123. The van der Waals surface area contributed by atoms with Gasteiger partial charge in [-0.1, -0.05) is 42.6 Å². The number of hydrogen-bond acceptors (Lipinski definition) is 4. The quantitative estimate of drug-likeness (QED) is 0.664. The van der Waals surface area contributed by atoms with Gasteiger partial charge in [-0.15, -0.1) is 0 Å². The largest absolute Gasteiger partial charge is 0.449 e. The van der Waals surface area contributed by atoms with Gasteiger partial charge in [-0.25, -0.2) is 4.79 Å². The molecule has 8 heteroatoms. The number of nitrogens with one attached hydrogen (secondary N) is 1. The van der Waals surface area contributed by atoms with Crippen LogP contribution in [-0.4, -0.2) is 27.8 Å². The molecule has 1 atom stereocenters. The van der Waals surface area contributed by atoms with Gasteiger partial charge in [-0.05, 0) is 44.9 Å². The van der Waals surface area contributed by atoms with E-state index in [9.17, 15) is 9.59 Å². The van der Waals surface area contributed by atoms with Gasteiger partial charge in [0.1, 0.15) is 10.7 Å². The van der Waals surface area contributed by atoms with Crippen molar-refractivity contribution < 1.29 is 14.3 Å². The van der Waals surface area contributed by atoms with Gasteiger partial charge in [0.05, 0.1) is 5.69 Å². The number of amides is 1. The highest BCUT2D eigenvalue weighted by Crippen LogP contribution is 2.23. The molecule has 1 N–H and O–H groups in total. The molecule has 27 heavy (non-hydrogen) atoms. The summed E-state index contributed by atoms with van der Waals surface area (Å²) >= 11 is 12.2. The number of esters is 1. The summed E-state index contributed by atoms with van der Waals surface area (Å²) in [6.07, 6.45) is 0.868. The minimum absolute atomic E-state index is 0.186. The zero-order chi connectivity index (χ0) is 20.1. The van der Waals surface area contributed by atoms with Crippen molar-refractivity contribution in [2.24, 2.45) is 0 Å². The fourth-order valence-electron chi connectivity index (χ4n) is 2.48. The number of carbonyl (C=O) groups excluding carboxylic acids is 2. The van der Waals surface area contributed by atoms with Crippen molar-refractivity contribution in [1.82, 2.24) is 9.78 Å². The number of aryl methyl sites for hydroxylation is 3. The second-order valence-corrected chi connectivity index (χ2v) is 7.12. The molecular formula is C19H23Cl2N3O3. The Kier molecular flexibility index (Phi) is 7.27. The number of unbranched alkanes of at least 4 members (excludes halogenated alkanes) is 1. The number of nitrogens with zero attached hydrogens (tertiary/aromatic N) is 2. The van der Waals surface area contributed by atoms with Crippen LogP contribution >= 0.6 is 23.2 Å². The Balaban J connectivity index is 2.07. The maximum absolute atomic E-state index is 12.5. The van der Waals surface area contributed by atoms with E-state index >= 15 is 0 Å². The van der Waals surface area contributed by atoms with Gasteiger partial charge >= 0.3 is 5.97 Å². The molecule has 6 nitrogen and oxygen atoms in total. The molecule has 0 saturated carbocycles. The first-order valence-corrected chi connectivity index (χ1v) is 9.51. The predicted molar refractivity (Wildman–Crippen MR) is 107 cm³/mol. The molecule has 0 aliphatic carbocycles. The highest BCUT2D eigenvalue weighted by molar-refractivity contribution is 6.32. The average molecular weight is 412 g/mol. The Hall–Kier alpha value is -2.05. The molecule has 2 aromatic rings. The molecule has 0 spiro atoms. The summed E-state index contributed by atoms with van der Waals surface area (Å²) < 4.78 is 6.88. The third-order valence-electron chi connectivity index (χ3n) is 4.10. The van der Waals surface area contributed by atoms with E-state index in [4.69, 9.17) is 27.9 Å². The smallest absolute Gasteiger partial charge is 0.343 e. The number of halogens is 2. The lowest BCUT2D eigenvalue weighted by atomic mass is 10.2. The van der Waals surface area contributed by atoms with Crippen LogP contribution in [0.25, 0.3) is 0 Å². The van der Waals surface area contributed by atoms with Crippen molar-refractivity contribution in [3.8, 4) is 0 Å². The fourth-order valence-corrected chi connectivity index (χ4v) is 2.99. The van der Waals surface area contributed by atoms with Gasteiger partial charge < -0.3 is 10.1 Å². The molecule has 0 aliphatic rings. The minimum atomic E-state index is -1.01. The number of hydrogen-bond donors (Lipinski definition) is 1. The summed E-state index contributed by atoms with van der Waals surface area (Å²) in [6, 6.07) is 5.17. The Labute approximate surface area is 168 Å². The molecule has 0 radical (unpaired) electrons. The molecule has 0 saturated heterocycles. The lowest BCUT2D eigenvalue weighted by Gasteiger charge is -2.15. The molecule has 0 unspecified atom stereocenters. The molecule has 0 fully saturated rings. The van der Waals surface area contributed by atoms with Crippen LogP contribution in [0.3, 0.4) is 0 Å². The van der Waals surface area contributed by atoms with E-state index in [2.05, 4.69) is 17.3 Å². The fraction of sp³-hybridized carbons (Fsp3) is 0.421. The maximum Gasteiger partial charge on any atom is 0.343 e. The third-order valence-corrected chi connectivity index (χ3v) is 4.72. The van der Waals surface area contributed by atoms with Crippen molar-refractivity contribution in [2.45, 2.75) is 53.2 Å². The Morgan fingerprint density at radius 3 is 2.67 bits per heavy atom. The Bertz CT molecular complexity index is 849. The summed E-state index contributed by atoms with van der Waals surface area (Å²) in [5.74, 6) is -1.13. The van der Waals surface area contributed by atoms with Crippen LogP contribution in [0.1, 0.15) is 48.3 Å². The third kappa shape index (κ3) is 5.23. The number of anilines is 1. The van der Waals surface area contributed by atoms with E-state index < -0.39 is 18.0 Å². The number of ether oxygens (including phenoxy) is 1. The van der Waals surface area contributed by atoms with Crippen LogP contribution < -0.4 is 5.32 Å². The minimum Gasteiger partial charge on any atom is -0.449 e. The van der Waals surface area contributed by atoms with E-state index in [0.717, 1.165) is 18.4 Å². The van der Waals surface area contributed by atoms with Gasteiger partial charge in [0.2, 0.25) is 0 Å². The van der Waals surface area contributed by atoms with Gasteiger partial charge in [0.25, 0.3) is 5.91 Å². The summed E-state index contributed by atoms with van der Waals surface area (Å²) in [4.78, 5) is 24.9. The van der Waals surface area contributed by atoms with E-state index in [0.29, 0.717) is 22.9 Å². The zero-order valence-corrected chi connectivity index (χ0v) is 17.3. The number of benzene rings is 1. The van der Waals surface area contributed by atoms with E-state index in [-0.39, 0.29) is 10.7 Å². The van der Waals surface area contributed by atoms with E-state index in [1.54, 1.807) is 29.8 Å². The van der Waals surface area contributed by atoms with Crippen LogP contribution in [0.4, 0.5) is 5.69 Å². The second kappa shape index (κ2) is 9.24. The number of rotatable bonds is 7. The lowest BCUT2D eigenvalue weighted by Crippen LogP contribution is -2.30. The van der Waals surface area contributed by atoms with Crippen molar-refractivity contribution >= 4 is 40.8 Å². The summed E-state index contributed by atoms with van der Waals surface area (Å²) in [5, 5.41) is 7.72. The maximum atomic E-state index is 12.5. The number of aromatic nitrogens is 2. The van der Waals surface area contributed by atoms with Crippen LogP contribution in [0.5, 0.6) is 0 Å². The molecule has 2 rings (SSSR count). The molecule has 1 amide bonds. The first-order chi connectivity index (χ1) is 12.7. The van der Waals surface area contributed by atoms with Gasteiger partial charge in [-0.3, -0.25) is 9.48 Å². The van der Waals surface area contributed by atoms with Gasteiger partial charge in [-0.2, -0.15) is 5.10 Å². The SMILES string of the molecule is CCCCn1nc(C)c(C(=O)O[C@@H](C)C(=O)Nc2cc(Cl)ccc2C)c1Cl. The van der Waals surface area contributed by atoms with Gasteiger partial charge in [0.15, 0.2) is 6.10 Å². The van der Waals surface area contributed by atoms with Crippen molar-refractivity contribution in [1.29, 1.82) is 0 Å². The second-order valence-electron chi connectivity index (χ2n) is 6.32. The Morgan fingerprint density at radius 2 is 2.00 bits per heavy atom. The van der Waals surface area contributed by atoms with Crippen LogP contribution in [0, 0.1) is 13.8 Å². The normalized spacial score (nSPS) is 11.9. The summed E-state index contributed by atoms with van der Waals surface area (Å²) in [6.45, 7) is 7.70. The summed E-state index contributed by atoms with van der Waals surface area (Å²) in [7, 11) is 0. The molecule has 0 bridgehead atoms. The number of carbonyl (C=O) groups is 2. The van der Waals surface area contributed by atoms with Crippen LogP contribution in [-0.2, 0) is 16.1 Å². The molecule has 1 aromatic heterocycles. The topological polar surface area (TPSA) is 73.2 Å². The standard InChI is InChI=1S/C19H23Cl2N3O3/c1-5-6-9-24-17(21)16(12(3)23-24)19(26)27-13(4)18(25)22-15-10-14(20)8-7-11(15)2/h7-8,10,13H,5-6,9H2,1-4H3,(H,22,25)/t13-/m0/s1. The highest BCUT2D eigenvalue weighted by Gasteiger charge is 2.25. The molecule has 1 aromatic carbocycles. The Morgan fingerprint density at radius 1 is 1.30 bits per heavy atom. The van der Waals surface area contributed by atoms with Crippen molar-refractivity contribution in [2.75, 3.05) is 5.32 Å². The molecule has 1 heterocycles. The first-order valence-electron chi connectivity index (χ1n) is 8.75. The summed E-state index contributed by atoms with van der Waals surface area (Å²) in [5.41, 5.74) is 2.07. The van der Waals surface area contributed by atoms with E-state index in [1.165, 1.54) is 6.92 Å². The average Bonchev–Trinajstić information content (AvgIpc) is 2.89. The molecule has 0 aliphatic heterocycles. The van der Waals surface area contributed by atoms with Crippen molar-refractivity contribution in [3.05, 3.63) is 45.2 Å². The van der Waals surface area contributed by atoms with Crippen LogP contribution in [0.15, 0.2) is 18.2 Å². The van der Waals surface area contributed by atoms with Crippen LogP contribution in [0.2, 0.25) is 10.2 Å². The van der Waals surface area contributed by atoms with Crippen molar-refractivity contribution in [3.63, 3.8) is 0 Å². The highest BCUT2D eigenvalue weighted by atomic mass is 35.5. The predicted octanol–water partition coefficient (Wildman–Crippen LogP) is 4.79. The molecular weight excluding hydrogens is 389 g/mol. The first kappa shape index (κ1) is 21.3. The van der Waals surface area contributed by atoms with E-state index in [1.807, 2.05) is 6.92 Å². The molecule has 146 valence electrons. The van der Waals surface area contributed by atoms with Gasteiger partial charge in [0, 0.05) is 17.3 Å². The zero-order valence-electron chi connectivity index (χ0n) is 15.8. The monoisotopic (exact) mass is 411 g/mol.